The molecule has 0 fully saturated rings. The first-order valence-corrected chi connectivity index (χ1v) is 6.41. The fourth-order valence-corrected chi connectivity index (χ4v) is 1.81. The predicted molar refractivity (Wildman–Crippen MR) is 70.9 cm³/mol. The molecule has 0 aliphatic rings. The number of nitrogens with zero attached hydrogens (tertiary/aromatic N) is 1. The Kier molecular flexibility index (Phi) is 5.67. The van der Waals surface area contributed by atoms with E-state index in [1.54, 1.807) is 0 Å². The van der Waals surface area contributed by atoms with E-state index in [4.69, 9.17) is 0 Å². The van der Waals surface area contributed by atoms with Crippen molar-refractivity contribution in [3.63, 3.8) is 0 Å². The van der Waals surface area contributed by atoms with Crippen LogP contribution in [0.1, 0.15) is 45.2 Å². The number of carbonyl (C=O) groups is 1. The Bertz CT molecular complexity index is 363. The highest BCUT2D eigenvalue weighted by atomic mass is 16.1. The molecule has 0 saturated heterocycles. The molecule has 0 saturated carbocycles. The van der Waals surface area contributed by atoms with Gasteiger partial charge in [-0.05, 0) is 31.9 Å². The van der Waals surface area contributed by atoms with Gasteiger partial charge in [0.25, 0.3) is 0 Å². The molecule has 17 heavy (non-hydrogen) atoms. The molecule has 0 aromatic carbocycles. The van der Waals surface area contributed by atoms with Crippen molar-refractivity contribution in [3.05, 3.63) is 23.9 Å². The number of aromatic nitrogens is 1. The second-order valence-corrected chi connectivity index (χ2v) is 4.40. The number of hydrogen-bond acceptors (Lipinski definition) is 2. The van der Waals surface area contributed by atoms with Crippen LogP contribution in [0, 0.1) is 12.8 Å². The van der Waals surface area contributed by atoms with Crippen molar-refractivity contribution >= 4 is 11.7 Å². The van der Waals surface area contributed by atoms with Crippen LogP contribution in [-0.4, -0.2) is 10.9 Å². The zero-order valence-electron chi connectivity index (χ0n) is 11.0. The maximum Gasteiger partial charge on any atom is 0.228 e. The van der Waals surface area contributed by atoms with Gasteiger partial charge in [0.15, 0.2) is 0 Å². The molecule has 1 N–H and O–H groups in total. The topological polar surface area (TPSA) is 42.0 Å². The molecule has 1 unspecified atom stereocenters. The highest BCUT2D eigenvalue weighted by Gasteiger charge is 2.16. The number of amides is 1. The molecule has 3 heteroatoms. The Morgan fingerprint density at radius 1 is 1.41 bits per heavy atom. The summed E-state index contributed by atoms with van der Waals surface area (Å²) in [6.07, 6.45) is 4.09. The average Bonchev–Trinajstić information content (AvgIpc) is 2.30. The van der Waals surface area contributed by atoms with Crippen LogP contribution in [0.2, 0.25) is 0 Å². The summed E-state index contributed by atoms with van der Waals surface area (Å²) < 4.78 is 0. The summed E-state index contributed by atoms with van der Waals surface area (Å²) in [5.74, 6) is 0.862. The SMILES string of the molecule is CCCCC(CC)C(=O)Nc1cccc(C)n1. The highest BCUT2D eigenvalue weighted by Crippen LogP contribution is 2.15. The van der Waals surface area contributed by atoms with E-state index in [1.807, 2.05) is 25.1 Å². The Morgan fingerprint density at radius 3 is 2.76 bits per heavy atom. The van der Waals surface area contributed by atoms with E-state index in [9.17, 15) is 4.79 Å². The van der Waals surface area contributed by atoms with Gasteiger partial charge >= 0.3 is 0 Å². The summed E-state index contributed by atoms with van der Waals surface area (Å²) in [7, 11) is 0. The quantitative estimate of drug-likeness (QED) is 0.818. The summed E-state index contributed by atoms with van der Waals surface area (Å²) in [5, 5.41) is 2.89. The lowest BCUT2D eigenvalue weighted by molar-refractivity contribution is -0.120. The summed E-state index contributed by atoms with van der Waals surface area (Å²) in [6.45, 7) is 6.13. The second kappa shape index (κ2) is 7.05. The molecule has 1 rings (SSSR count). The van der Waals surface area contributed by atoms with E-state index in [0.29, 0.717) is 5.82 Å². The van der Waals surface area contributed by atoms with Gasteiger partial charge in [0.1, 0.15) is 5.82 Å². The van der Waals surface area contributed by atoms with Crippen LogP contribution in [0.25, 0.3) is 0 Å². The Hall–Kier alpha value is -1.38. The lowest BCUT2D eigenvalue weighted by Crippen LogP contribution is -2.22. The normalized spacial score (nSPS) is 12.2. The minimum Gasteiger partial charge on any atom is -0.310 e. The molecular formula is C14H22N2O. The standard InChI is InChI=1S/C14H22N2O/c1-4-6-9-12(5-2)14(17)16-13-10-7-8-11(3)15-13/h7-8,10,12H,4-6,9H2,1-3H3,(H,15,16,17). The van der Waals surface area contributed by atoms with Crippen LogP contribution >= 0.6 is 0 Å². The van der Waals surface area contributed by atoms with Gasteiger partial charge in [-0.1, -0.05) is 32.8 Å². The van der Waals surface area contributed by atoms with Gasteiger partial charge in [0.05, 0.1) is 0 Å². The molecule has 1 aromatic heterocycles. The van der Waals surface area contributed by atoms with E-state index < -0.39 is 0 Å². The third-order valence-corrected chi connectivity index (χ3v) is 2.91. The summed E-state index contributed by atoms with van der Waals surface area (Å²) >= 11 is 0. The van der Waals surface area contributed by atoms with Gasteiger partial charge in [-0.25, -0.2) is 4.98 Å². The number of unbranched alkanes of at least 4 members (excludes halogenated alkanes) is 1. The average molecular weight is 234 g/mol. The van der Waals surface area contributed by atoms with Crippen molar-refractivity contribution in [1.29, 1.82) is 0 Å². The zero-order valence-corrected chi connectivity index (χ0v) is 11.0. The van der Waals surface area contributed by atoms with E-state index in [-0.39, 0.29) is 11.8 Å². The molecule has 0 spiro atoms. The lowest BCUT2D eigenvalue weighted by Gasteiger charge is -2.14. The first kappa shape index (κ1) is 13.7. The molecule has 0 bridgehead atoms. The van der Waals surface area contributed by atoms with E-state index in [0.717, 1.165) is 31.4 Å². The van der Waals surface area contributed by atoms with Crippen molar-refractivity contribution < 1.29 is 4.79 Å². The number of hydrogen-bond donors (Lipinski definition) is 1. The van der Waals surface area contributed by atoms with Gasteiger partial charge in [-0.2, -0.15) is 0 Å². The van der Waals surface area contributed by atoms with Crippen LogP contribution in [0.3, 0.4) is 0 Å². The van der Waals surface area contributed by atoms with Gasteiger partial charge < -0.3 is 5.32 Å². The summed E-state index contributed by atoms with van der Waals surface area (Å²) in [4.78, 5) is 16.3. The van der Waals surface area contributed by atoms with E-state index in [1.165, 1.54) is 0 Å². The number of carbonyl (C=O) groups excluding carboxylic acids is 1. The molecule has 0 aliphatic carbocycles. The monoisotopic (exact) mass is 234 g/mol. The molecule has 1 heterocycles. The zero-order chi connectivity index (χ0) is 12.7. The molecule has 0 aliphatic heterocycles. The number of nitrogens with one attached hydrogen (secondary N) is 1. The third-order valence-electron chi connectivity index (χ3n) is 2.91. The Labute approximate surface area is 104 Å². The predicted octanol–water partition coefficient (Wildman–Crippen LogP) is 3.54. The molecule has 0 radical (unpaired) electrons. The molecular weight excluding hydrogens is 212 g/mol. The van der Waals surface area contributed by atoms with Gasteiger partial charge in [-0.15, -0.1) is 0 Å². The number of rotatable bonds is 6. The van der Waals surface area contributed by atoms with Gasteiger partial charge in [-0.3, -0.25) is 4.79 Å². The largest absolute Gasteiger partial charge is 0.310 e. The summed E-state index contributed by atoms with van der Waals surface area (Å²) in [5.41, 5.74) is 0.921. The Morgan fingerprint density at radius 2 is 2.18 bits per heavy atom. The van der Waals surface area contributed by atoms with Crippen molar-refractivity contribution in [2.75, 3.05) is 5.32 Å². The molecule has 1 atom stereocenters. The minimum atomic E-state index is 0.0963. The van der Waals surface area contributed by atoms with Crippen LogP contribution in [0.4, 0.5) is 5.82 Å². The van der Waals surface area contributed by atoms with Crippen molar-refractivity contribution in [3.8, 4) is 0 Å². The smallest absolute Gasteiger partial charge is 0.228 e. The first-order chi connectivity index (χ1) is 8.17. The number of aryl methyl sites for hydroxylation is 1. The van der Waals surface area contributed by atoms with Gasteiger partial charge in [0, 0.05) is 11.6 Å². The van der Waals surface area contributed by atoms with E-state index in [2.05, 4.69) is 24.1 Å². The molecule has 94 valence electrons. The van der Waals surface area contributed by atoms with Crippen molar-refractivity contribution in [1.82, 2.24) is 4.98 Å². The van der Waals surface area contributed by atoms with Crippen LogP contribution in [0.15, 0.2) is 18.2 Å². The van der Waals surface area contributed by atoms with Gasteiger partial charge in [0.2, 0.25) is 5.91 Å². The second-order valence-electron chi connectivity index (χ2n) is 4.40. The maximum absolute atomic E-state index is 12.0. The maximum atomic E-state index is 12.0. The van der Waals surface area contributed by atoms with Crippen LogP contribution < -0.4 is 5.32 Å². The number of pyridine rings is 1. The minimum absolute atomic E-state index is 0.0963. The van der Waals surface area contributed by atoms with Crippen molar-refractivity contribution in [2.45, 2.75) is 46.5 Å². The van der Waals surface area contributed by atoms with E-state index >= 15 is 0 Å². The fourth-order valence-electron chi connectivity index (χ4n) is 1.81. The Balaban J connectivity index is 2.57. The van der Waals surface area contributed by atoms with Crippen LogP contribution in [-0.2, 0) is 4.79 Å². The van der Waals surface area contributed by atoms with Crippen molar-refractivity contribution in [2.24, 2.45) is 5.92 Å². The lowest BCUT2D eigenvalue weighted by atomic mass is 9.98. The third kappa shape index (κ3) is 4.55. The molecule has 3 nitrogen and oxygen atoms in total. The summed E-state index contributed by atoms with van der Waals surface area (Å²) in [6, 6.07) is 5.66. The van der Waals surface area contributed by atoms with Crippen LogP contribution in [0.5, 0.6) is 0 Å². The molecule has 1 aromatic rings. The highest BCUT2D eigenvalue weighted by molar-refractivity contribution is 5.91. The number of anilines is 1. The molecule has 1 amide bonds. The first-order valence-electron chi connectivity index (χ1n) is 6.41. The fraction of sp³-hybridized carbons (Fsp3) is 0.571.